The average molecular weight is 266 g/mol. The Balaban J connectivity index is 1.97. The van der Waals surface area contributed by atoms with Gasteiger partial charge < -0.3 is 5.32 Å². The second kappa shape index (κ2) is 6.01. The Bertz CT molecular complexity index is 436. The first-order valence-corrected chi connectivity index (χ1v) is 6.74. The van der Waals surface area contributed by atoms with E-state index in [2.05, 4.69) is 5.32 Å². The van der Waals surface area contributed by atoms with Gasteiger partial charge in [-0.1, -0.05) is 12.8 Å². The van der Waals surface area contributed by atoms with Gasteiger partial charge in [0.05, 0.1) is 5.88 Å². The second-order valence-electron chi connectivity index (χ2n) is 4.60. The molecule has 1 saturated carbocycles. The molecule has 18 heavy (non-hydrogen) atoms. The van der Waals surface area contributed by atoms with Crippen molar-refractivity contribution in [3.63, 3.8) is 0 Å². The quantitative estimate of drug-likeness (QED) is 0.671. The third kappa shape index (κ3) is 3.10. The molecular weight excluding hydrogens is 250 g/mol. The van der Waals surface area contributed by atoms with Gasteiger partial charge in [0, 0.05) is 17.2 Å². The summed E-state index contributed by atoms with van der Waals surface area (Å²) in [4.78, 5) is 23.2. The smallest absolute Gasteiger partial charge is 0.227 e. The Hall–Kier alpha value is -1.35. The van der Waals surface area contributed by atoms with Crippen molar-refractivity contribution in [2.24, 2.45) is 5.92 Å². The summed E-state index contributed by atoms with van der Waals surface area (Å²) in [5, 5.41) is 2.88. The fraction of sp³-hybridized carbons (Fsp3) is 0.429. The number of anilines is 1. The van der Waals surface area contributed by atoms with Gasteiger partial charge in [0.1, 0.15) is 0 Å². The maximum absolute atomic E-state index is 11.9. The van der Waals surface area contributed by atoms with Crippen molar-refractivity contribution in [3.8, 4) is 0 Å². The Morgan fingerprint density at radius 2 is 1.78 bits per heavy atom. The molecule has 0 spiro atoms. The Morgan fingerprint density at radius 3 is 2.33 bits per heavy atom. The first kappa shape index (κ1) is 13.1. The molecule has 1 fully saturated rings. The number of amides is 1. The van der Waals surface area contributed by atoms with Crippen LogP contribution in [-0.2, 0) is 4.79 Å². The lowest BCUT2D eigenvalue weighted by Gasteiger charge is -2.10. The molecule has 1 amide bonds. The van der Waals surface area contributed by atoms with Crippen LogP contribution in [-0.4, -0.2) is 17.6 Å². The van der Waals surface area contributed by atoms with Crippen molar-refractivity contribution in [3.05, 3.63) is 29.8 Å². The summed E-state index contributed by atoms with van der Waals surface area (Å²) in [7, 11) is 0. The lowest BCUT2D eigenvalue weighted by Crippen LogP contribution is -2.20. The van der Waals surface area contributed by atoms with E-state index in [4.69, 9.17) is 11.6 Å². The fourth-order valence-corrected chi connectivity index (χ4v) is 2.40. The number of carbonyl (C=O) groups excluding carboxylic acids is 2. The van der Waals surface area contributed by atoms with Gasteiger partial charge in [-0.3, -0.25) is 9.59 Å². The number of benzene rings is 1. The van der Waals surface area contributed by atoms with E-state index in [9.17, 15) is 9.59 Å². The molecule has 0 saturated heterocycles. The van der Waals surface area contributed by atoms with E-state index >= 15 is 0 Å². The predicted molar refractivity (Wildman–Crippen MR) is 72.1 cm³/mol. The predicted octanol–water partition coefficient (Wildman–Crippen LogP) is 3.24. The number of halogens is 1. The van der Waals surface area contributed by atoms with Gasteiger partial charge in [-0.25, -0.2) is 0 Å². The molecule has 1 aromatic carbocycles. The van der Waals surface area contributed by atoms with Crippen molar-refractivity contribution in [2.75, 3.05) is 11.2 Å². The third-order valence-electron chi connectivity index (χ3n) is 3.32. The van der Waals surface area contributed by atoms with Crippen LogP contribution in [0.4, 0.5) is 5.69 Å². The van der Waals surface area contributed by atoms with E-state index in [0.29, 0.717) is 5.56 Å². The summed E-state index contributed by atoms with van der Waals surface area (Å²) in [6.07, 6.45) is 4.24. The van der Waals surface area contributed by atoms with Gasteiger partial charge >= 0.3 is 0 Å². The van der Waals surface area contributed by atoms with Crippen LogP contribution < -0.4 is 5.32 Å². The van der Waals surface area contributed by atoms with Crippen LogP contribution in [0.1, 0.15) is 36.0 Å². The van der Waals surface area contributed by atoms with Gasteiger partial charge in [-0.05, 0) is 37.1 Å². The fourth-order valence-electron chi connectivity index (χ4n) is 2.25. The topological polar surface area (TPSA) is 46.2 Å². The zero-order valence-corrected chi connectivity index (χ0v) is 10.9. The van der Waals surface area contributed by atoms with Gasteiger partial charge in [-0.15, -0.1) is 11.6 Å². The maximum Gasteiger partial charge on any atom is 0.227 e. The monoisotopic (exact) mass is 265 g/mol. The SMILES string of the molecule is O=C(CCl)c1ccc(NC(=O)C2CCCC2)cc1. The molecule has 0 aromatic heterocycles. The number of hydrogen-bond donors (Lipinski definition) is 1. The van der Waals surface area contributed by atoms with Gasteiger partial charge in [-0.2, -0.15) is 0 Å². The first-order valence-electron chi connectivity index (χ1n) is 6.21. The maximum atomic E-state index is 11.9. The highest BCUT2D eigenvalue weighted by Crippen LogP contribution is 2.26. The summed E-state index contributed by atoms with van der Waals surface area (Å²) in [6.45, 7) is 0. The zero-order valence-electron chi connectivity index (χ0n) is 10.1. The highest BCUT2D eigenvalue weighted by molar-refractivity contribution is 6.30. The van der Waals surface area contributed by atoms with Crippen LogP contribution in [0.2, 0.25) is 0 Å². The number of ketones is 1. The third-order valence-corrected chi connectivity index (χ3v) is 3.56. The molecule has 0 radical (unpaired) electrons. The average Bonchev–Trinajstić information content (AvgIpc) is 2.92. The normalized spacial score (nSPS) is 15.6. The lowest BCUT2D eigenvalue weighted by molar-refractivity contribution is -0.119. The van der Waals surface area contributed by atoms with E-state index in [1.807, 2.05) is 0 Å². The highest BCUT2D eigenvalue weighted by atomic mass is 35.5. The zero-order chi connectivity index (χ0) is 13.0. The Labute approximate surface area is 112 Å². The summed E-state index contributed by atoms with van der Waals surface area (Å²) in [6, 6.07) is 6.86. The standard InChI is InChI=1S/C14H16ClNO2/c15-9-13(17)10-5-7-12(8-6-10)16-14(18)11-3-1-2-4-11/h5-8,11H,1-4,9H2,(H,16,18). The van der Waals surface area contributed by atoms with Crippen molar-refractivity contribution in [1.82, 2.24) is 0 Å². The van der Waals surface area contributed by atoms with Crippen LogP contribution >= 0.6 is 11.6 Å². The molecule has 4 heteroatoms. The van der Waals surface area contributed by atoms with E-state index in [1.165, 1.54) is 0 Å². The highest BCUT2D eigenvalue weighted by Gasteiger charge is 2.22. The van der Waals surface area contributed by atoms with Crippen molar-refractivity contribution in [1.29, 1.82) is 0 Å². The molecule has 96 valence electrons. The van der Waals surface area contributed by atoms with Crippen LogP contribution in [0, 0.1) is 5.92 Å². The minimum atomic E-state index is -0.106. The molecule has 0 heterocycles. The van der Waals surface area contributed by atoms with E-state index in [-0.39, 0.29) is 23.5 Å². The number of Topliss-reactive ketones (excluding diaryl/α,β-unsaturated/α-hetero) is 1. The summed E-state index contributed by atoms with van der Waals surface area (Å²) < 4.78 is 0. The van der Waals surface area contributed by atoms with Crippen molar-refractivity contribution < 1.29 is 9.59 Å². The number of hydrogen-bond acceptors (Lipinski definition) is 2. The summed E-state index contributed by atoms with van der Waals surface area (Å²) in [5.41, 5.74) is 1.31. The molecule has 2 rings (SSSR count). The van der Waals surface area contributed by atoms with Crippen LogP contribution in [0.5, 0.6) is 0 Å². The van der Waals surface area contributed by atoms with Crippen LogP contribution in [0.15, 0.2) is 24.3 Å². The number of rotatable bonds is 4. The molecule has 0 bridgehead atoms. The molecular formula is C14H16ClNO2. The molecule has 1 aliphatic carbocycles. The minimum absolute atomic E-state index is 0.0201. The van der Waals surface area contributed by atoms with E-state index in [0.717, 1.165) is 31.4 Å². The van der Waals surface area contributed by atoms with Crippen molar-refractivity contribution in [2.45, 2.75) is 25.7 Å². The van der Waals surface area contributed by atoms with E-state index in [1.54, 1.807) is 24.3 Å². The van der Waals surface area contributed by atoms with Crippen molar-refractivity contribution >= 4 is 29.0 Å². The van der Waals surface area contributed by atoms with Gasteiger partial charge in [0.2, 0.25) is 5.91 Å². The van der Waals surface area contributed by atoms with Gasteiger partial charge in [0.25, 0.3) is 0 Å². The van der Waals surface area contributed by atoms with Crippen LogP contribution in [0.25, 0.3) is 0 Å². The number of alkyl halides is 1. The number of carbonyl (C=O) groups is 2. The molecule has 1 aliphatic rings. The minimum Gasteiger partial charge on any atom is -0.326 e. The van der Waals surface area contributed by atoms with Crippen LogP contribution in [0.3, 0.4) is 0 Å². The molecule has 1 aromatic rings. The first-order chi connectivity index (χ1) is 8.70. The molecule has 0 unspecified atom stereocenters. The number of nitrogens with one attached hydrogen (secondary N) is 1. The van der Waals surface area contributed by atoms with Gasteiger partial charge in [0.15, 0.2) is 5.78 Å². The van der Waals surface area contributed by atoms with E-state index < -0.39 is 0 Å². The Kier molecular flexibility index (Phi) is 4.37. The second-order valence-corrected chi connectivity index (χ2v) is 4.87. The largest absolute Gasteiger partial charge is 0.326 e. The summed E-state index contributed by atoms with van der Waals surface area (Å²) in [5.74, 6) is 0.108. The lowest BCUT2D eigenvalue weighted by atomic mass is 10.1. The molecule has 1 N–H and O–H groups in total. The molecule has 0 aliphatic heterocycles. The molecule has 3 nitrogen and oxygen atoms in total. The summed E-state index contributed by atoms with van der Waals surface area (Å²) >= 11 is 5.48. The molecule has 0 atom stereocenters. The Morgan fingerprint density at radius 1 is 1.17 bits per heavy atom.